The third-order valence-corrected chi connectivity index (χ3v) is 7.92. The molecule has 1 aliphatic heterocycles. The van der Waals surface area contributed by atoms with Crippen molar-refractivity contribution < 1.29 is 13.2 Å². The van der Waals surface area contributed by atoms with E-state index in [1.54, 1.807) is 13.0 Å². The first-order valence-corrected chi connectivity index (χ1v) is 10.7. The minimum Gasteiger partial charge on any atom is -0.349 e. The number of rotatable bonds is 4. The standard InChI is InChI=1S/C16H24N2O3S2/c1-12-15(23(20,21)18-9-5-6-10-18)11-14(22-12)16(19)17-13-7-3-2-4-8-13/h11,13H,2-10H2,1H3,(H,17,19). The van der Waals surface area contributed by atoms with Crippen LogP contribution in [0.5, 0.6) is 0 Å². The summed E-state index contributed by atoms with van der Waals surface area (Å²) in [4.78, 5) is 13.9. The minimum atomic E-state index is -3.45. The number of thiophene rings is 1. The van der Waals surface area contributed by atoms with Crippen molar-refractivity contribution in [2.45, 2.75) is 62.8 Å². The van der Waals surface area contributed by atoms with E-state index in [-0.39, 0.29) is 11.9 Å². The van der Waals surface area contributed by atoms with Crippen LogP contribution < -0.4 is 5.32 Å². The van der Waals surface area contributed by atoms with Crippen molar-refractivity contribution in [1.82, 2.24) is 9.62 Å². The number of sulfonamides is 1. The zero-order valence-corrected chi connectivity index (χ0v) is 15.1. The van der Waals surface area contributed by atoms with Crippen LogP contribution in [-0.4, -0.2) is 37.8 Å². The van der Waals surface area contributed by atoms with Gasteiger partial charge in [0, 0.05) is 24.0 Å². The molecule has 1 aliphatic carbocycles. The van der Waals surface area contributed by atoms with Gasteiger partial charge in [-0.05, 0) is 38.7 Å². The molecular formula is C16H24N2O3S2. The smallest absolute Gasteiger partial charge is 0.261 e. The number of nitrogens with one attached hydrogen (secondary N) is 1. The molecule has 1 aromatic rings. The van der Waals surface area contributed by atoms with Crippen LogP contribution in [0, 0.1) is 6.92 Å². The molecule has 1 aromatic heterocycles. The van der Waals surface area contributed by atoms with E-state index in [9.17, 15) is 13.2 Å². The number of amides is 1. The zero-order valence-electron chi connectivity index (χ0n) is 13.5. The van der Waals surface area contributed by atoms with Gasteiger partial charge in [0.1, 0.15) is 0 Å². The number of hydrogen-bond acceptors (Lipinski definition) is 4. The zero-order chi connectivity index (χ0) is 16.4. The van der Waals surface area contributed by atoms with E-state index in [0.717, 1.165) is 38.5 Å². The molecule has 2 heterocycles. The first-order chi connectivity index (χ1) is 11.0. The maximum absolute atomic E-state index is 12.7. The molecule has 2 fully saturated rings. The number of nitrogens with zero attached hydrogens (tertiary/aromatic N) is 1. The number of hydrogen-bond donors (Lipinski definition) is 1. The van der Waals surface area contributed by atoms with Gasteiger partial charge >= 0.3 is 0 Å². The van der Waals surface area contributed by atoms with Gasteiger partial charge in [-0.2, -0.15) is 4.31 Å². The fourth-order valence-electron chi connectivity index (χ4n) is 3.40. The van der Waals surface area contributed by atoms with Crippen LogP contribution in [0.3, 0.4) is 0 Å². The van der Waals surface area contributed by atoms with Crippen molar-refractivity contribution in [3.63, 3.8) is 0 Å². The molecule has 0 spiro atoms. The second kappa shape index (κ2) is 6.91. The first kappa shape index (κ1) is 16.9. The van der Waals surface area contributed by atoms with Crippen molar-refractivity contribution in [2.24, 2.45) is 0 Å². The average molecular weight is 357 g/mol. The summed E-state index contributed by atoms with van der Waals surface area (Å²) in [6.07, 6.45) is 7.42. The number of aryl methyl sites for hydroxylation is 1. The van der Waals surface area contributed by atoms with E-state index in [1.165, 1.54) is 22.1 Å². The van der Waals surface area contributed by atoms with E-state index >= 15 is 0 Å². The number of carbonyl (C=O) groups excluding carboxylic acids is 1. The largest absolute Gasteiger partial charge is 0.349 e. The monoisotopic (exact) mass is 356 g/mol. The SMILES string of the molecule is Cc1sc(C(=O)NC2CCCCC2)cc1S(=O)(=O)N1CCCC1. The summed E-state index contributed by atoms with van der Waals surface area (Å²) < 4.78 is 26.9. The molecule has 0 atom stereocenters. The highest BCUT2D eigenvalue weighted by Gasteiger charge is 2.31. The van der Waals surface area contributed by atoms with Gasteiger partial charge in [-0.25, -0.2) is 8.42 Å². The Balaban J connectivity index is 1.76. The van der Waals surface area contributed by atoms with Gasteiger partial charge < -0.3 is 5.32 Å². The second-order valence-electron chi connectivity index (χ2n) is 6.45. The lowest BCUT2D eigenvalue weighted by atomic mass is 9.95. The van der Waals surface area contributed by atoms with Gasteiger partial charge in [0.2, 0.25) is 10.0 Å². The van der Waals surface area contributed by atoms with E-state index in [2.05, 4.69) is 5.32 Å². The van der Waals surface area contributed by atoms with E-state index < -0.39 is 10.0 Å². The summed E-state index contributed by atoms with van der Waals surface area (Å²) >= 11 is 1.28. The summed E-state index contributed by atoms with van der Waals surface area (Å²) in [5.41, 5.74) is 0. The van der Waals surface area contributed by atoms with Gasteiger partial charge in [-0.1, -0.05) is 19.3 Å². The third-order valence-electron chi connectivity index (χ3n) is 4.72. The van der Waals surface area contributed by atoms with Crippen LogP contribution in [0.25, 0.3) is 0 Å². The fraction of sp³-hybridized carbons (Fsp3) is 0.688. The Bertz CT molecular complexity index is 669. The first-order valence-electron chi connectivity index (χ1n) is 8.40. The molecule has 23 heavy (non-hydrogen) atoms. The fourth-order valence-corrected chi connectivity index (χ4v) is 6.38. The molecule has 5 nitrogen and oxygen atoms in total. The molecule has 0 unspecified atom stereocenters. The lowest BCUT2D eigenvalue weighted by molar-refractivity contribution is 0.0931. The molecule has 1 amide bonds. The predicted molar refractivity (Wildman–Crippen MR) is 91.4 cm³/mol. The molecule has 0 bridgehead atoms. The predicted octanol–water partition coefficient (Wildman–Crippen LogP) is 2.90. The summed E-state index contributed by atoms with van der Waals surface area (Å²) in [5, 5.41) is 3.06. The van der Waals surface area contributed by atoms with Gasteiger partial charge in [-0.3, -0.25) is 4.79 Å². The molecule has 1 saturated carbocycles. The number of carbonyl (C=O) groups is 1. The highest BCUT2D eigenvalue weighted by Crippen LogP contribution is 2.30. The van der Waals surface area contributed by atoms with Crippen molar-refractivity contribution in [3.8, 4) is 0 Å². The molecule has 1 N–H and O–H groups in total. The Morgan fingerprint density at radius 2 is 1.83 bits per heavy atom. The van der Waals surface area contributed by atoms with Gasteiger partial charge in [-0.15, -0.1) is 11.3 Å². The normalized spacial score (nSPS) is 20.7. The topological polar surface area (TPSA) is 66.5 Å². The Kier molecular flexibility index (Phi) is 5.08. The van der Waals surface area contributed by atoms with Gasteiger partial charge in [0.15, 0.2) is 0 Å². The van der Waals surface area contributed by atoms with Crippen LogP contribution >= 0.6 is 11.3 Å². The molecule has 0 aromatic carbocycles. The quantitative estimate of drug-likeness (QED) is 0.902. The van der Waals surface area contributed by atoms with E-state index in [0.29, 0.717) is 27.7 Å². The molecule has 1 saturated heterocycles. The van der Waals surface area contributed by atoms with Crippen LogP contribution in [0.15, 0.2) is 11.0 Å². The van der Waals surface area contributed by atoms with Crippen LogP contribution in [0.4, 0.5) is 0 Å². The highest BCUT2D eigenvalue weighted by molar-refractivity contribution is 7.89. The van der Waals surface area contributed by atoms with Crippen molar-refractivity contribution in [1.29, 1.82) is 0 Å². The summed E-state index contributed by atoms with van der Waals surface area (Å²) in [5.74, 6) is -0.132. The van der Waals surface area contributed by atoms with Crippen LogP contribution in [-0.2, 0) is 10.0 Å². The van der Waals surface area contributed by atoms with Crippen LogP contribution in [0.2, 0.25) is 0 Å². The average Bonchev–Trinajstić information content (AvgIpc) is 3.18. The molecule has 7 heteroatoms. The molecule has 2 aliphatic rings. The van der Waals surface area contributed by atoms with Crippen molar-refractivity contribution in [2.75, 3.05) is 13.1 Å². The lowest BCUT2D eigenvalue weighted by Crippen LogP contribution is -2.35. The van der Waals surface area contributed by atoms with Crippen molar-refractivity contribution >= 4 is 27.3 Å². The maximum atomic E-state index is 12.7. The van der Waals surface area contributed by atoms with Crippen molar-refractivity contribution in [3.05, 3.63) is 15.8 Å². The summed E-state index contributed by atoms with van der Waals surface area (Å²) in [6, 6.07) is 1.79. The maximum Gasteiger partial charge on any atom is 0.261 e. The minimum absolute atomic E-state index is 0.132. The Morgan fingerprint density at radius 1 is 1.17 bits per heavy atom. The molecule has 3 rings (SSSR count). The highest BCUT2D eigenvalue weighted by atomic mass is 32.2. The Morgan fingerprint density at radius 3 is 2.48 bits per heavy atom. The Labute approximate surface area is 142 Å². The lowest BCUT2D eigenvalue weighted by Gasteiger charge is -2.22. The second-order valence-corrected chi connectivity index (χ2v) is 9.61. The van der Waals surface area contributed by atoms with E-state index in [1.807, 2.05) is 0 Å². The Hall–Kier alpha value is -0.920. The molecule has 0 radical (unpaired) electrons. The summed E-state index contributed by atoms with van der Waals surface area (Å²) in [6.45, 7) is 2.95. The van der Waals surface area contributed by atoms with Crippen LogP contribution in [0.1, 0.15) is 59.5 Å². The van der Waals surface area contributed by atoms with E-state index in [4.69, 9.17) is 0 Å². The molecular weight excluding hydrogens is 332 g/mol. The van der Waals surface area contributed by atoms with Gasteiger partial charge in [0.25, 0.3) is 5.91 Å². The van der Waals surface area contributed by atoms with Gasteiger partial charge in [0.05, 0.1) is 9.77 Å². The molecule has 128 valence electrons. The summed E-state index contributed by atoms with van der Waals surface area (Å²) in [7, 11) is -3.45. The third kappa shape index (κ3) is 3.61.